The lowest BCUT2D eigenvalue weighted by molar-refractivity contribution is -0.160. The predicted molar refractivity (Wildman–Crippen MR) is 377 cm³/mol. The van der Waals surface area contributed by atoms with Crippen LogP contribution >= 0.6 is 0 Å². The topological polar surface area (TPSA) is 249 Å². The van der Waals surface area contributed by atoms with Gasteiger partial charge in [-0.25, -0.2) is 19.2 Å². The van der Waals surface area contributed by atoms with Crippen molar-refractivity contribution in [3.05, 3.63) is 159 Å². The van der Waals surface area contributed by atoms with Gasteiger partial charge in [-0.15, -0.1) is 0 Å². The number of carbonyl (C=O) groups excluding carboxylic acids is 4. The van der Waals surface area contributed by atoms with Crippen LogP contribution in [0.5, 0.6) is 34.5 Å². The smallest absolute Gasteiger partial charge is 0.411 e. The Hall–Kier alpha value is -8.89. The molecule has 3 aliphatic heterocycles. The third-order valence-corrected chi connectivity index (χ3v) is 17.3. The number of aromatic nitrogens is 3. The number of aliphatic hydroxyl groups excluding tert-OH is 2. The first-order chi connectivity index (χ1) is 46.4. The predicted octanol–water partition coefficient (Wildman–Crippen LogP) is 14.1. The molecule has 0 spiro atoms. The van der Waals surface area contributed by atoms with E-state index in [4.69, 9.17) is 47.4 Å². The summed E-state index contributed by atoms with van der Waals surface area (Å²) in [5, 5.41) is 18.9. The zero-order valence-electron chi connectivity index (χ0n) is 60.7. The fourth-order valence-electron chi connectivity index (χ4n) is 12.3. The van der Waals surface area contributed by atoms with E-state index in [2.05, 4.69) is 56.5 Å². The average Bonchev–Trinajstić information content (AvgIpc) is 0.789. The number of amides is 3. The molecule has 0 aliphatic carbocycles. The van der Waals surface area contributed by atoms with Gasteiger partial charge in [0.15, 0.2) is 0 Å². The van der Waals surface area contributed by atoms with Crippen molar-refractivity contribution in [2.75, 3.05) is 61.3 Å². The Balaban J connectivity index is 0.000000233. The van der Waals surface area contributed by atoms with Crippen molar-refractivity contribution in [3.8, 4) is 34.5 Å². The van der Waals surface area contributed by atoms with Crippen molar-refractivity contribution in [2.45, 2.75) is 185 Å². The number of benzene rings is 3. The second-order valence-corrected chi connectivity index (χ2v) is 27.6. The van der Waals surface area contributed by atoms with Crippen LogP contribution in [0.1, 0.15) is 176 Å². The van der Waals surface area contributed by atoms with Crippen molar-refractivity contribution in [1.82, 2.24) is 29.7 Å². The first-order valence-electron chi connectivity index (χ1n) is 33.4. The quantitative estimate of drug-likeness (QED) is 0.0502. The van der Waals surface area contributed by atoms with Gasteiger partial charge in [0, 0.05) is 36.7 Å². The van der Waals surface area contributed by atoms with Crippen molar-refractivity contribution < 1.29 is 76.8 Å². The number of aryl methyl sites for hydroxylation is 3. The molecule has 22 heteroatoms. The SMILES string of the molecule is C.COC(=O)C(C)(C)OC(=O)N1CCc2cc(OCc3nc(C)ccc3OC)ccc2[C@@H]1C(C)C.COc1ccc(C)nc1COc1ccc2c(c1)CCN(C(=O)OC(C)(C)CO)[C@H]2C(C)C.COc1ccc(C)nc1COc1ccc2c(c1)CCN(C(=O)OC(C)(C)CO)[C@H]2C(C)C. The molecule has 0 bridgehead atoms. The van der Waals surface area contributed by atoms with Gasteiger partial charge in [0.25, 0.3) is 0 Å². The van der Waals surface area contributed by atoms with Crippen molar-refractivity contribution in [1.29, 1.82) is 0 Å². The molecule has 0 unspecified atom stereocenters. The summed E-state index contributed by atoms with van der Waals surface area (Å²) >= 11 is 0. The van der Waals surface area contributed by atoms with E-state index in [0.717, 1.165) is 84.8 Å². The Morgan fingerprint density at radius 1 is 0.455 bits per heavy atom. The van der Waals surface area contributed by atoms with E-state index in [-0.39, 0.29) is 63.1 Å². The molecule has 3 aromatic carbocycles. The Labute approximate surface area is 585 Å². The molecular weight excluding hydrogens is 1260 g/mol. The van der Waals surface area contributed by atoms with Gasteiger partial charge in [-0.2, -0.15) is 0 Å². The number of aliphatic hydroxyl groups is 2. The summed E-state index contributed by atoms with van der Waals surface area (Å²) in [5.41, 5.74) is 8.46. The summed E-state index contributed by atoms with van der Waals surface area (Å²) in [7, 11) is 6.14. The van der Waals surface area contributed by atoms with Crippen LogP contribution in [0.15, 0.2) is 91.0 Å². The number of nitrogens with zero attached hydrogens (tertiary/aromatic N) is 6. The van der Waals surface area contributed by atoms with Gasteiger partial charge in [-0.1, -0.05) is 67.2 Å². The number of hydrogen-bond donors (Lipinski definition) is 2. The number of pyridine rings is 3. The molecule has 540 valence electrons. The highest BCUT2D eigenvalue weighted by Gasteiger charge is 2.41. The molecule has 6 heterocycles. The monoisotopic (exact) mass is 1370 g/mol. The third-order valence-electron chi connectivity index (χ3n) is 17.3. The second-order valence-electron chi connectivity index (χ2n) is 27.6. The third kappa shape index (κ3) is 20.4. The highest BCUT2D eigenvalue weighted by molar-refractivity contribution is 5.82. The minimum absolute atomic E-state index is 0. The Morgan fingerprint density at radius 3 is 0.990 bits per heavy atom. The van der Waals surface area contributed by atoms with Crippen molar-refractivity contribution in [3.63, 3.8) is 0 Å². The number of esters is 1. The van der Waals surface area contributed by atoms with Crippen molar-refractivity contribution >= 4 is 24.2 Å². The molecule has 22 nitrogen and oxygen atoms in total. The molecule has 0 saturated carbocycles. The molecule has 9 rings (SSSR count). The minimum Gasteiger partial charge on any atom is -0.495 e. The minimum atomic E-state index is -1.36. The van der Waals surface area contributed by atoms with Crippen LogP contribution in [-0.2, 0) is 62.8 Å². The van der Waals surface area contributed by atoms with Gasteiger partial charge in [-0.05, 0) is 206 Å². The molecule has 3 aromatic heterocycles. The highest BCUT2D eigenvalue weighted by atomic mass is 16.6. The van der Waals surface area contributed by atoms with E-state index in [1.54, 1.807) is 63.7 Å². The lowest BCUT2D eigenvalue weighted by Crippen LogP contribution is -2.47. The van der Waals surface area contributed by atoms with Crippen LogP contribution in [0.25, 0.3) is 0 Å². The summed E-state index contributed by atoms with van der Waals surface area (Å²) in [6, 6.07) is 29.0. The maximum absolute atomic E-state index is 13.0. The molecule has 0 saturated heterocycles. The van der Waals surface area contributed by atoms with Gasteiger partial charge >= 0.3 is 24.2 Å². The molecular formula is C77H106N6O16. The summed E-state index contributed by atoms with van der Waals surface area (Å²) in [5.74, 6) is 4.28. The summed E-state index contributed by atoms with van der Waals surface area (Å²) in [6.45, 7) is 30.2. The fraction of sp³-hybridized carbons (Fsp3) is 0.519. The average molecular weight is 1370 g/mol. The lowest BCUT2D eigenvalue weighted by atomic mass is 9.86. The summed E-state index contributed by atoms with van der Waals surface area (Å²) in [4.78, 5) is 69.5. The molecule has 3 aliphatic rings. The number of fused-ring (bicyclic) bond motifs is 3. The van der Waals surface area contributed by atoms with Crippen LogP contribution in [-0.4, -0.2) is 142 Å². The Morgan fingerprint density at radius 2 is 0.737 bits per heavy atom. The largest absolute Gasteiger partial charge is 0.495 e. The number of ether oxygens (including phenoxy) is 10. The number of methoxy groups -OCH3 is 4. The second kappa shape index (κ2) is 34.7. The fourth-order valence-corrected chi connectivity index (χ4v) is 12.3. The van der Waals surface area contributed by atoms with Crippen LogP contribution in [0.2, 0.25) is 0 Å². The van der Waals surface area contributed by atoms with Crippen LogP contribution in [0, 0.1) is 38.5 Å². The molecule has 0 fully saturated rings. The zero-order valence-corrected chi connectivity index (χ0v) is 60.7. The van der Waals surface area contributed by atoms with Gasteiger partial charge in [0.2, 0.25) is 5.60 Å². The first-order valence-corrected chi connectivity index (χ1v) is 33.4. The lowest BCUT2D eigenvalue weighted by Gasteiger charge is -2.40. The van der Waals surface area contributed by atoms with Gasteiger partial charge in [0.05, 0.1) is 59.8 Å². The van der Waals surface area contributed by atoms with E-state index in [0.29, 0.717) is 69.4 Å². The van der Waals surface area contributed by atoms with Crippen LogP contribution in [0.4, 0.5) is 14.4 Å². The Bertz CT molecular complexity index is 3570. The van der Waals surface area contributed by atoms with E-state index < -0.39 is 41.1 Å². The van der Waals surface area contributed by atoms with Gasteiger partial charge in [0.1, 0.15) is 82.6 Å². The van der Waals surface area contributed by atoms with Crippen LogP contribution < -0.4 is 28.4 Å². The summed E-state index contributed by atoms with van der Waals surface area (Å²) in [6.07, 6.45) is 0.734. The standard InChI is InChI=1S/C26H34N2O6.2C25H34N2O5.CH4/c1-16(2)23-20-10-9-19(33-15-21-22(31-6)11-8-17(3)27-21)14-18(20)12-13-28(23)25(30)34-26(4,5)24(29)32-7;2*1-16(2)23-20-9-8-19(31-14-21-22(30-6)10-7-17(3)26-21)13-18(20)11-12-27(23)24(29)32-25(4,5)15-28;/h8-11,14,16,23H,12-13,15H2,1-7H3;2*7-10,13,16,23,28H,11-12,14-15H2,1-6H3;1H4/t3*23-;/m000./s1. The van der Waals surface area contributed by atoms with Crippen molar-refractivity contribution in [2.24, 2.45) is 17.8 Å². The Kier molecular flexibility index (Phi) is 27.8. The number of rotatable bonds is 21. The van der Waals surface area contributed by atoms with Crippen LogP contribution in [0.3, 0.4) is 0 Å². The number of carbonyl (C=O) groups is 4. The molecule has 3 amide bonds. The maximum atomic E-state index is 13.0. The molecule has 2 N–H and O–H groups in total. The van der Waals surface area contributed by atoms with Gasteiger partial charge in [-0.3, -0.25) is 15.0 Å². The van der Waals surface area contributed by atoms with Gasteiger partial charge < -0.3 is 72.3 Å². The first kappa shape index (κ1) is 79.1. The molecule has 99 heavy (non-hydrogen) atoms. The van der Waals surface area contributed by atoms with E-state index >= 15 is 0 Å². The van der Waals surface area contributed by atoms with E-state index in [1.165, 1.54) is 21.0 Å². The maximum Gasteiger partial charge on any atom is 0.411 e. The molecule has 6 aromatic rings. The highest BCUT2D eigenvalue weighted by Crippen LogP contribution is 2.42. The zero-order chi connectivity index (χ0) is 72.0. The molecule has 3 atom stereocenters. The van der Waals surface area contributed by atoms with E-state index in [9.17, 15) is 29.4 Å². The van der Waals surface area contributed by atoms with E-state index in [1.807, 2.05) is 112 Å². The molecule has 0 radical (unpaired) electrons. The summed E-state index contributed by atoms with van der Waals surface area (Å²) < 4.78 is 55.7. The number of hydrogen-bond acceptors (Lipinski definition) is 19. The normalized spacial score (nSPS) is 15.7.